The van der Waals surface area contributed by atoms with Crippen LogP contribution in [0.5, 0.6) is 0 Å². The largest absolute Gasteiger partial charge is 0.479 e. The zero-order valence-corrected chi connectivity index (χ0v) is 15.9. The van der Waals surface area contributed by atoms with E-state index in [1.807, 2.05) is 0 Å². The van der Waals surface area contributed by atoms with Crippen molar-refractivity contribution in [2.45, 2.75) is 30.7 Å². The van der Waals surface area contributed by atoms with E-state index in [9.17, 15) is 9.59 Å². The number of methoxy groups -OCH3 is 1. The van der Waals surface area contributed by atoms with Gasteiger partial charge in [0.25, 0.3) is 0 Å². The Hall–Kier alpha value is -1.57. The van der Waals surface area contributed by atoms with E-state index < -0.39 is 17.5 Å². The van der Waals surface area contributed by atoms with Crippen molar-refractivity contribution in [2.24, 2.45) is 11.7 Å². The number of benzene rings is 1. The van der Waals surface area contributed by atoms with Gasteiger partial charge in [0, 0.05) is 9.60 Å². The van der Waals surface area contributed by atoms with Crippen molar-refractivity contribution in [1.29, 1.82) is 0 Å². The predicted molar refractivity (Wildman–Crippen MR) is 99.6 cm³/mol. The van der Waals surface area contributed by atoms with Crippen LogP contribution in [0.15, 0.2) is 34.5 Å². The van der Waals surface area contributed by atoms with Crippen LogP contribution in [0.25, 0.3) is 10.1 Å². The normalized spacial score (nSPS) is 13.1. The quantitative estimate of drug-likeness (QED) is 0.475. The molecular weight excluding hydrogens is 346 g/mol. The second kappa shape index (κ2) is 9.05. The van der Waals surface area contributed by atoms with Gasteiger partial charge in [0.1, 0.15) is 0 Å². The minimum absolute atomic E-state index is 0.0141. The van der Waals surface area contributed by atoms with Crippen molar-refractivity contribution in [3.63, 3.8) is 0 Å². The molecule has 0 radical (unpaired) electrons. The number of carbonyl (C=O) groups excluding carboxylic acids is 1. The molecule has 0 aliphatic rings. The zero-order valence-electron chi connectivity index (χ0n) is 14.2. The Morgan fingerprint density at radius 3 is 2.54 bits per heavy atom. The minimum Gasteiger partial charge on any atom is -0.479 e. The number of rotatable bonds is 5. The summed E-state index contributed by atoms with van der Waals surface area (Å²) in [5.74, 6) is -2.25. The second-order valence-electron chi connectivity index (χ2n) is 5.69. The zero-order chi connectivity index (χ0) is 18.3. The second-order valence-corrected chi connectivity index (χ2v) is 7.52. The first-order valence-electron chi connectivity index (χ1n) is 7.36. The summed E-state index contributed by atoms with van der Waals surface area (Å²) in [7, 11) is 1.12. The molecular formula is C17H23NO4S2. The number of ether oxygens (including phenoxy) is 1. The van der Waals surface area contributed by atoms with Gasteiger partial charge in [-0.1, -0.05) is 13.8 Å². The maximum absolute atomic E-state index is 11.1. The van der Waals surface area contributed by atoms with Crippen LogP contribution in [-0.4, -0.2) is 35.9 Å². The first-order chi connectivity index (χ1) is 11.2. The van der Waals surface area contributed by atoms with Crippen LogP contribution in [0.1, 0.15) is 20.3 Å². The van der Waals surface area contributed by atoms with Crippen LogP contribution in [0.2, 0.25) is 0 Å². The highest BCUT2D eigenvalue weighted by Gasteiger charge is 2.43. The molecule has 1 aromatic carbocycles. The Bertz CT molecular complexity index is 699. The van der Waals surface area contributed by atoms with Gasteiger partial charge < -0.3 is 15.6 Å². The average molecular weight is 370 g/mol. The van der Waals surface area contributed by atoms with Crippen molar-refractivity contribution in [3.8, 4) is 0 Å². The fraction of sp³-hybridized carbons (Fsp3) is 0.412. The molecule has 5 nitrogen and oxygen atoms in total. The summed E-state index contributed by atoms with van der Waals surface area (Å²) in [5, 5.41) is 12.3. The topological polar surface area (TPSA) is 89.6 Å². The molecule has 0 saturated heterocycles. The molecule has 0 aliphatic carbocycles. The molecule has 1 aromatic heterocycles. The van der Waals surface area contributed by atoms with Crippen LogP contribution in [0.3, 0.4) is 0 Å². The standard InChI is InChI=1S/C9H8S2.C8H15NO4/c1-10-8-2-3-9-7(6-8)4-5-11-9;1-5(2)4-8(9,6(10)11)7(12)13-3/h2-6H,1H3;5H,4,9H2,1-3H3,(H,10,11)/t;8-/m.0/s1. The Labute approximate surface area is 150 Å². The Kier molecular flexibility index (Phi) is 7.72. The molecule has 0 fully saturated rings. The number of carbonyl (C=O) groups is 2. The summed E-state index contributed by atoms with van der Waals surface area (Å²) in [5.41, 5.74) is 3.51. The number of nitrogens with two attached hydrogens (primary N) is 1. The van der Waals surface area contributed by atoms with Gasteiger partial charge in [-0.15, -0.1) is 23.1 Å². The third-order valence-electron chi connectivity index (χ3n) is 3.32. The number of thiophene rings is 1. The Morgan fingerprint density at radius 1 is 1.38 bits per heavy atom. The first kappa shape index (κ1) is 20.5. The van der Waals surface area contributed by atoms with Crippen molar-refractivity contribution in [3.05, 3.63) is 29.6 Å². The molecule has 0 amide bonds. The van der Waals surface area contributed by atoms with E-state index in [1.54, 1.807) is 36.9 Å². The number of carboxylic acids is 1. The fourth-order valence-electron chi connectivity index (χ4n) is 2.16. The van der Waals surface area contributed by atoms with Crippen molar-refractivity contribution >= 4 is 45.1 Å². The van der Waals surface area contributed by atoms with E-state index in [0.29, 0.717) is 0 Å². The Morgan fingerprint density at radius 2 is 2.04 bits per heavy atom. The van der Waals surface area contributed by atoms with Gasteiger partial charge in [0.15, 0.2) is 0 Å². The molecule has 3 N–H and O–H groups in total. The van der Waals surface area contributed by atoms with Crippen LogP contribution in [0, 0.1) is 5.92 Å². The highest BCUT2D eigenvalue weighted by molar-refractivity contribution is 7.98. The van der Waals surface area contributed by atoms with Crippen LogP contribution >= 0.6 is 23.1 Å². The lowest BCUT2D eigenvalue weighted by Gasteiger charge is -2.23. The molecule has 24 heavy (non-hydrogen) atoms. The molecule has 132 valence electrons. The van der Waals surface area contributed by atoms with Gasteiger partial charge in [0.05, 0.1) is 7.11 Å². The van der Waals surface area contributed by atoms with E-state index in [1.165, 1.54) is 15.0 Å². The number of thioether (sulfide) groups is 1. The maximum Gasteiger partial charge on any atom is 0.337 e. The van der Waals surface area contributed by atoms with Crippen LogP contribution in [0.4, 0.5) is 0 Å². The molecule has 2 aromatic rings. The van der Waals surface area contributed by atoms with Gasteiger partial charge in [-0.05, 0) is 53.6 Å². The summed E-state index contributed by atoms with van der Waals surface area (Å²) in [6, 6.07) is 8.76. The first-order valence-corrected chi connectivity index (χ1v) is 9.47. The lowest BCUT2D eigenvalue weighted by Crippen LogP contribution is -2.56. The van der Waals surface area contributed by atoms with Gasteiger partial charge in [-0.3, -0.25) is 0 Å². The number of esters is 1. The lowest BCUT2D eigenvalue weighted by atomic mass is 9.90. The number of aliphatic carboxylic acids is 1. The monoisotopic (exact) mass is 369 g/mol. The molecule has 7 heteroatoms. The highest BCUT2D eigenvalue weighted by atomic mass is 32.2. The van der Waals surface area contributed by atoms with Gasteiger partial charge in [0.2, 0.25) is 5.54 Å². The third-order valence-corrected chi connectivity index (χ3v) is 4.94. The molecule has 2 rings (SSSR count). The fourth-order valence-corrected chi connectivity index (χ4v) is 3.38. The Balaban J connectivity index is 0.000000242. The summed E-state index contributed by atoms with van der Waals surface area (Å²) in [6.45, 7) is 3.57. The predicted octanol–water partition coefficient (Wildman–Crippen LogP) is 3.61. The van der Waals surface area contributed by atoms with E-state index in [0.717, 1.165) is 7.11 Å². The average Bonchev–Trinajstić information content (AvgIpc) is 3.01. The van der Waals surface area contributed by atoms with E-state index >= 15 is 0 Å². The van der Waals surface area contributed by atoms with Crippen molar-refractivity contribution in [1.82, 2.24) is 0 Å². The summed E-state index contributed by atoms with van der Waals surface area (Å²) in [4.78, 5) is 23.2. The minimum atomic E-state index is -1.91. The van der Waals surface area contributed by atoms with Crippen molar-refractivity contribution in [2.75, 3.05) is 13.4 Å². The molecule has 1 heterocycles. The lowest BCUT2D eigenvalue weighted by molar-refractivity contribution is -0.160. The molecule has 0 bridgehead atoms. The van der Waals surface area contributed by atoms with Crippen LogP contribution in [-0.2, 0) is 14.3 Å². The van der Waals surface area contributed by atoms with Crippen LogP contribution < -0.4 is 5.73 Å². The third kappa shape index (κ3) is 5.22. The van der Waals surface area contributed by atoms with E-state index in [-0.39, 0.29) is 12.3 Å². The highest BCUT2D eigenvalue weighted by Crippen LogP contribution is 2.25. The van der Waals surface area contributed by atoms with Gasteiger partial charge in [-0.2, -0.15) is 0 Å². The summed E-state index contributed by atoms with van der Waals surface area (Å²) < 4.78 is 5.71. The molecule has 0 saturated carbocycles. The summed E-state index contributed by atoms with van der Waals surface area (Å²) in [6.07, 6.45) is 2.17. The number of fused-ring (bicyclic) bond motifs is 1. The molecule has 0 spiro atoms. The SMILES string of the molecule is COC(=O)[C@](N)(CC(C)C)C(=O)O.CSc1ccc2sccc2c1. The number of hydrogen-bond acceptors (Lipinski definition) is 6. The number of carboxylic acid groups (broad SMARTS) is 1. The number of hydrogen-bond donors (Lipinski definition) is 2. The van der Waals surface area contributed by atoms with Gasteiger partial charge in [-0.25, -0.2) is 9.59 Å². The summed E-state index contributed by atoms with van der Waals surface area (Å²) >= 11 is 3.59. The maximum atomic E-state index is 11.1. The smallest absolute Gasteiger partial charge is 0.337 e. The van der Waals surface area contributed by atoms with Crippen molar-refractivity contribution < 1.29 is 19.4 Å². The molecule has 0 unspecified atom stereocenters. The van der Waals surface area contributed by atoms with Gasteiger partial charge >= 0.3 is 11.9 Å². The van der Waals surface area contributed by atoms with E-state index in [4.69, 9.17) is 10.8 Å². The van der Waals surface area contributed by atoms with E-state index in [2.05, 4.69) is 40.6 Å². The molecule has 1 atom stereocenters. The molecule has 0 aliphatic heterocycles.